The molecule has 1 heterocycles. The molecule has 5 nitrogen and oxygen atoms in total. The van der Waals surface area contributed by atoms with Gasteiger partial charge >= 0.3 is 0 Å². The molecule has 1 aliphatic heterocycles. The van der Waals surface area contributed by atoms with Crippen LogP contribution in [0.5, 0.6) is 17.2 Å². The van der Waals surface area contributed by atoms with Crippen LogP contribution in [0.2, 0.25) is 0 Å². The van der Waals surface area contributed by atoms with Crippen LogP contribution in [0.3, 0.4) is 0 Å². The lowest BCUT2D eigenvalue weighted by Crippen LogP contribution is -2.27. The van der Waals surface area contributed by atoms with Crippen LogP contribution < -0.4 is 19.9 Å². The van der Waals surface area contributed by atoms with E-state index in [4.69, 9.17) is 19.9 Å². The predicted molar refractivity (Wildman–Crippen MR) is 91.9 cm³/mol. The summed E-state index contributed by atoms with van der Waals surface area (Å²) in [5, 5.41) is 0. The minimum atomic E-state index is -0.556. The lowest BCUT2D eigenvalue weighted by Gasteiger charge is -2.21. The number of nitrogens with two attached hydrogens (primary N) is 1. The zero-order valence-electron chi connectivity index (χ0n) is 13.7. The summed E-state index contributed by atoms with van der Waals surface area (Å²) in [6, 6.07) is 12.4. The van der Waals surface area contributed by atoms with E-state index in [1.165, 1.54) is 0 Å². The summed E-state index contributed by atoms with van der Waals surface area (Å²) in [4.78, 5) is 12.9. The van der Waals surface area contributed by atoms with E-state index in [9.17, 15) is 4.79 Å². The molecule has 2 N–H and O–H groups in total. The lowest BCUT2D eigenvalue weighted by atomic mass is 10.0. The Morgan fingerprint density at radius 2 is 1.96 bits per heavy atom. The van der Waals surface area contributed by atoms with Gasteiger partial charge in [-0.3, -0.25) is 4.79 Å². The number of nitrogen functional groups attached to an aromatic ring is 1. The number of fused-ring (bicyclic) bond motifs is 1. The van der Waals surface area contributed by atoms with Crippen LogP contribution in [0.4, 0.5) is 5.69 Å². The highest BCUT2D eigenvalue weighted by molar-refractivity contribution is 6.00. The van der Waals surface area contributed by atoms with Gasteiger partial charge in [-0.1, -0.05) is 19.4 Å². The number of ketones is 1. The molecule has 0 fully saturated rings. The van der Waals surface area contributed by atoms with Gasteiger partial charge in [0, 0.05) is 17.3 Å². The highest BCUT2D eigenvalue weighted by atomic mass is 16.6. The van der Waals surface area contributed by atoms with Crippen LogP contribution in [-0.4, -0.2) is 25.1 Å². The van der Waals surface area contributed by atoms with Crippen molar-refractivity contribution in [2.75, 3.05) is 18.9 Å². The zero-order chi connectivity index (χ0) is 16.9. The van der Waals surface area contributed by atoms with Gasteiger partial charge in [0.15, 0.2) is 17.6 Å². The molecule has 0 aromatic heterocycles. The number of Topliss-reactive ketones (excluding diaryl/α,β-unsaturated/α-hetero) is 1. The van der Waals surface area contributed by atoms with Gasteiger partial charge in [0.05, 0.1) is 0 Å². The number of carbonyl (C=O) groups is 1. The minimum absolute atomic E-state index is 0.0729. The fourth-order valence-corrected chi connectivity index (χ4v) is 2.64. The molecule has 2 aromatic carbocycles. The van der Waals surface area contributed by atoms with Crippen LogP contribution >= 0.6 is 0 Å². The monoisotopic (exact) mass is 327 g/mol. The predicted octanol–water partition coefficient (Wildman–Crippen LogP) is 3.47. The first-order valence-corrected chi connectivity index (χ1v) is 8.13. The fourth-order valence-electron chi connectivity index (χ4n) is 2.64. The maximum absolute atomic E-state index is 12.9. The molecule has 0 saturated carbocycles. The van der Waals surface area contributed by atoms with Gasteiger partial charge in [-0.05, 0) is 36.8 Å². The van der Waals surface area contributed by atoms with Crippen molar-refractivity contribution in [3.8, 4) is 17.2 Å². The van der Waals surface area contributed by atoms with Gasteiger partial charge in [-0.2, -0.15) is 0 Å². The van der Waals surface area contributed by atoms with Crippen molar-refractivity contribution in [3.05, 3.63) is 48.0 Å². The number of hydrogen-bond donors (Lipinski definition) is 1. The van der Waals surface area contributed by atoms with E-state index in [1.807, 2.05) is 13.0 Å². The summed E-state index contributed by atoms with van der Waals surface area (Å²) < 4.78 is 16.9. The van der Waals surface area contributed by atoms with Crippen LogP contribution in [0.25, 0.3) is 0 Å². The molecule has 24 heavy (non-hydrogen) atoms. The van der Waals surface area contributed by atoms with Crippen molar-refractivity contribution in [1.82, 2.24) is 0 Å². The number of benzene rings is 2. The molecular formula is C19H21NO4. The first-order valence-electron chi connectivity index (χ1n) is 8.13. The van der Waals surface area contributed by atoms with Crippen LogP contribution in [0.1, 0.15) is 30.1 Å². The van der Waals surface area contributed by atoms with E-state index in [1.54, 1.807) is 36.4 Å². The normalized spacial score (nSPS) is 14.0. The lowest BCUT2D eigenvalue weighted by molar-refractivity contribution is 0.0776. The smallest absolute Gasteiger partial charge is 0.203 e. The quantitative estimate of drug-likeness (QED) is 0.650. The maximum atomic E-state index is 12.9. The van der Waals surface area contributed by atoms with E-state index >= 15 is 0 Å². The van der Waals surface area contributed by atoms with Gasteiger partial charge in [0.25, 0.3) is 0 Å². The first-order chi connectivity index (χ1) is 11.7. The third-order valence-corrected chi connectivity index (χ3v) is 3.81. The molecule has 0 bridgehead atoms. The summed E-state index contributed by atoms with van der Waals surface area (Å²) >= 11 is 0. The summed E-state index contributed by atoms with van der Waals surface area (Å²) in [6.07, 6.45) is 0.907. The number of carbonyl (C=O) groups excluding carboxylic acids is 1. The number of ether oxygens (including phenoxy) is 3. The summed E-state index contributed by atoms with van der Waals surface area (Å²) in [5.41, 5.74) is 6.94. The highest BCUT2D eigenvalue weighted by Crippen LogP contribution is 2.31. The van der Waals surface area contributed by atoms with Crippen molar-refractivity contribution < 1.29 is 19.0 Å². The molecule has 1 aliphatic rings. The minimum Gasteiger partial charge on any atom is -0.486 e. The molecule has 1 unspecified atom stereocenters. The van der Waals surface area contributed by atoms with E-state index < -0.39 is 6.10 Å². The molecule has 1 atom stereocenters. The largest absolute Gasteiger partial charge is 0.486 e. The Morgan fingerprint density at radius 3 is 2.71 bits per heavy atom. The molecular weight excluding hydrogens is 306 g/mol. The number of hydrogen-bond acceptors (Lipinski definition) is 5. The second-order valence-corrected chi connectivity index (χ2v) is 5.69. The molecule has 5 heteroatoms. The van der Waals surface area contributed by atoms with Gasteiger partial charge in [0.1, 0.15) is 19.0 Å². The van der Waals surface area contributed by atoms with Crippen molar-refractivity contribution >= 4 is 11.5 Å². The van der Waals surface area contributed by atoms with Crippen molar-refractivity contribution in [2.24, 2.45) is 0 Å². The van der Waals surface area contributed by atoms with Crippen molar-refractivity contribution in [2.45, 2.75) is 25.9 Å². The van der Waals surface area contributed by atoms with E-state index in [2.05, 4.69) is 0 Å². The molecule has 2 aromatic rings. The molecule has 3 rings (SSSR count). The Hall–Kier alpha value is -2.69. The van der Waals surface area contributed by atoms with Crippen molar-refractivity contribution in [3.63, 3.8) is 0 Å². The Morgan fingerprint density at radius 1 is 1.17 bits per heavy atom. The summed E-state index contributed by atoms with van der Waals surface area (Å²) in [6.45, 7) is 3.03. The molecule has 0 amide bonds. The van der Waals surface area contributed by atoms with E-state index in [-0.39, 0.29) is 5.78 Å². The average molecular weight is 327 g/mol. The number of anilines is 1. The fraction of sp³-hybridized carbons (Fsp3) is 0.316. The maximum Gasteiger partial charge on any atom is 0.203 e. The van der Waals surface area contributed by atoms with E-state index in [0.29, 0.717) is 48.1 Å². The second-order valence-electron chi connectivity index (χ2n) is 5.69. The summed E-state index contributed by atoms with van der Waals surface area (Å²) in [5.74, 6) is 1.79. The third-order valence-electron chi connectivity index (χ3n) is 3.81. The zero-order valence-corrected chi connectivity index (χ0v) is 13.7. The Labute approximate surface area is 141 Å². The van der Waals surface area contributed by atoms with Crippen LogP contribution in [-0.2, 0) is 0 Å². The second kappa shape index (κ2) is 7.25. The SMILES string of the molecule is CCCC(Oc1cccc(N)c1)C(=O)c1ccc2c(c1)OCCO2. The summed E-state index contributed by atoms with van der Waals surface area (Å²) in [7, 11) is 0. The van der Waals surface area contributed by atoms with Gasteiger partial charge in [0.2, 0.25) is 5.78 Å². The first kappa shape index (κ1) is 16.2. The molecule has 0 radical (unpaired) electrons. The average Bonchev–Trinajstić information content (AvgIpc) is 2.60. The Bertz CT molecular complexity index is 729. The van der Waals surface area contributed by atoms with Gasteiger partial charge < -0.3 is 19.9 Å². The van der Waals surface area contributed by atoms with Gasteiger partial charge in [-0.15, -0.1) is 0 Å². The Kier molecular flexibility index (Phi) is 4.89. The standard InChI is InChI=1S/C19H21NO4/c1-2-4-17(24-15-6-3-5-14(20)12-15)19(21)13-7-8-16-18(11-13)23-10-9-22-16/h3,5-8,11-12,17H,2,4,9-10,20H2,1H3. The highest BCUT2D eigenvalue weighted by Gasteiger charge is 2.23. The van der Waals surface area contributed by atoms with Crippen LogP contribution in [0, 0.1) is 0 Å². The van der Waals surface area contributed by atoms with E-state index in [0.717, 1.165) is 6.42 Å². The molecule has 0 spiro atoms. The Balaban J connectivity index is 1.81. The van der Waals surface area contributed by atoms with Crippen LogP contribution in [0.15, 0.2) is 42.5 Å². The molecule has 0 aliphatic carbocycles. The molecule has 126 valence electrons. The molecule has 0 saturated heterocycles. The van der Waals surface area contributed by atoms with Crippen molar-refractivity contribution in [1.29, 1.82) is 0 Å². The third kappa shape index (κ3) is 3.62. The number of rotatable bonds is 6. The van der Waals surface area contributed by atoms with Gasteiger partial charge in [-0.25, -0.2) is 0 Å². The topological polar surface area (TPSA) is 70.8 Å².